The third kappa shape index (κ3) is 3.52. The number of benzene rings is 1. The number of carbonyl (C=O) groups excluding carboxylic acids is 1. The van der Waals surface area contributed by atoms with Crippen molar-refractivity contribution in [3.63, 3.8) is 0 Å². The first-order valence-corrected chi connectivity index (χ1v) is 7.09. The molecule has 0 aliphatic carbocycles. The van der Waals surface area contributed by atoms with E-state index in [9.17, 15) is 4.79 Å². The highest BCUT2D eigenvalue weighted by atomic mass is 16.3. The molecule has 2 N–H and O–H groups in total. The van der Waals surface area contributed by atoms with E-state index in [1.54, 1.807) is 18.2 Å². The molecule has 0 spiro atoms. The Morgan fingerprint density at radius 2 is 1.95 bits per heavy atom. The van der Waals surface area contributed by atoms with Gasteiger partial charge in [0.05, 0.1) is 12.2 Å². The maximum Gasteiger partial charge on any atom is 0.227 e. The average Bonchev–Trinajstić information content (AvgIpc) is 2.91. The molecule has 2 rings (SSSR count). The third-order valence-corrected chi connectivity index (χ3v) is 3.86. The Hall–Kier alpha value is -2.07. The van der Waals surface area contributed by atoms with Crippen LogP contribution in [-0.2, 0) is 11.3 Å². The molecule has 0 aliphatic rings. The van der Waals surface area contributed by atoms with Gasteiger partial charge in [0.2, 0.25) is 5.91 Å². The van der Waals surface area contributed by atoms with Gasteiger partial charge in [0.25, 0.3) is 0 Å². The minimum Gasteiger partial charge on any atom is -0.469 e. The highest BCUT2D eigenvalue weighted by Crippen LogP contribution is 2.21. The fourth-order valence-corrected chi connectivity index (χ4v) is 2.37. The van der Waals surface area contributed by atoms with Crippen molar-refractivity contribution in [2.24, 2.45) is 11.7 Å². The first-order valence-electron chi connectivity index (χ1n) is 7.09. The van der Waals surface area contributed by atoms with E-state index in [0.717, 1.165) is 16.9 Å². The van der Waals surface area contributed by atoms with Crippen LogP contribution in [0.25, 0.3) is 0 Å². The standard InChI is InChI=1S/C17H22N2O2/c1-12(16(18)14-7-5-4-6-8-14)17(20)19(3)11-15-9-10-21-13(15)2/h4-10,12,16H,11,18H2,1-3H3. The topological polar surface area (TPSA) is 59.5 Å². The molecule has 1 amide bonds. The predicted octanol–water partition coefficient (Wildman–Crippen LogP) is 2.88. The van der Waals surface area contributed by atoms with E-state index in [1.807, 2.05) is 50.2 Å². The lowest BCUT2D eigenvalue weighted by Gasteiger charge is -2.25. The molecule has 0 radical (unpaired) electrons. The van der Waals surface area contributed by atoms with Crippen LogP contribution < -0.4 is 5.73 Å². The summed E-state index contributed by atoms with van der Waals surface area (Å²) in [7, 11) is 1.79. The second-order valence-electron chi connectivity index (χ2n) is 5.42. The lowest BCUT2D eigenvalue weighted by Crippen LogP contribution is -2.36. The van der Waals surface area contributed by atoms with Gasteiger partial charge >= 0.3 is 0 Å². The molecule has 2 unspecified atom stereocenters. The zero-order valence-electron chi connectivity index (χ0n) is 12.7. The third-order valence-electron chi connectivity index (χ3n) is 3.86. The van der Waals surface area contributed by atoms with Gasteiger partial charge in [-0.3, -0.25) is 4.79 Å². The van der Waals surface area contributed by atoms with Crippen LogP contribution in [0, 0.1) is 12.8 Å². The lowest BCUT2D eigenvalue weighted by atomic mass is 9.94. The van der Waals surface area contributed by atoms with Crippen LogP contribution in [0.4, 0.5) is 0 Å². The molecule has 0 aliphatic heterocycles. The van der Waals surface area contributed by atoms with Crippen molar-refractivity contribution in [2.45, 2.75) is 26.4 Å². The van der Waals surface area contributed by atoms with Gasteiger partial charge in [-0.25, -0.2) is 0 Å². The minimum absolute atomic E-state index is 0.0342. The second kappa shape index (κ2) is 6.59. The van der Waals surface area contributed by atoms with Crippen molar-refractivity contribution in [1.29, 1.82) is 0 Å². The van der Waals surface area contributed by atoms with Crippen LogP contribution in [0.1, 0.15) is 29.9 Å². The molecule has 112 valence electrons. The molecule has 0 fully saturated rings. The summed E-state index contributed by atoms with van der Waals surface area (Å²) < 4.78 is 5.26. The van der Waals surface area contributed by atoms with Crippen molar-refractivity contribution < 1.29 is 9.21 Å². The number of rotatable bonds is 5. The molecule has 1 aromatic heterocycles. The minimum atomic E-state index is -0.299. The molecule has 4 heteroatoms. The molecule has 1 aromatic carbocycles. The Bertz CT molecular complexity index is 592. The van der Waals surface area contributed by atoms with Crippen molar-refractivity contribution >= 4 is 5.91 Å². The largest absolute Gasteiger partial charge is 0.469 e. The van der Waals surface area contributed by atoms with Gasteiger partial charge in [0.15, 0.2) is 0 Å². The number of aryl methyl sites for hydroxylation is 1. The summed E-state index contributed by atoms with van der Waals surface area (Å²) in [4.78, 5) is 14.2. The van der Waals surface area contributed by atoms with Crippen LogP contribution in [0.5, 0.6) is 0 Å². The zero-order chi connectivity index (χ0) is 15.4. The Balaban J connectivity index is 2.03. The lowest BCUT2D eigenvalue weighted by molar-refractivity contribution is -0.134. The van der Waals surface area contributed by atoms with E-state index in [1.165, 1.54) is 0 Å². The molecule has 1 heterocycles. The van der Waals surface area contributed by atoms with E-state index in [-0.39, 0.29) is 17.9 Å². The highest BCUT2D eigenvalue weighted by molar-refractivity contribution is 5.79. The van der Waals surface area contributed by atoms with E-state index in [2.05, 4.69) is 0 Å². The van der Waals surface area contributed by atoms with Crippen molar-refractivity contribution in [1.82, 2.24) is 4.90 Å². The Kier molecular flexibility index (Phi) is 4.81. The summed E-state index contributed by atoms with van der Waals surface area (Å²) >= 11 is 0. The number of furan rings is 1. The Labute approximate surface area is 125 Å². The van der Waals surface area contributed by atoms with E-state index in [0.29, 0.717) is 6.54 Å². The molecule has 0 saturated carbocycles. The Morgan fingerprint density at radius 3 is 2.52 bits per heavy atom. The number of carbonyl (C=O) groups is 1. The molecule has 2 aromatic rings. The zero-order valence-corrected chi connectivity index (χ0v) is 12.7. The first kappa shape index (κ1) is 15.3. The second-order valence-corrected chi connectivity index (χ2v) is 5.42. The molecule has 0 bridgehead atoms. The van der Waals surface area contributed by atoms with Gasteiger partial charge in [0, 0.05) is 25.2 Å². The summed E-state index contributed by atoms with van der Waals surface area (Å²) in [5, 5.41) is 0. The van der Waals surface area contributed by atoms with Crippen LogP contribution in [0.2, 0.25) is 0 Å². The molecule has 4 nitrogen and oxygen atoms in total. The van der Waals surface area contributed by atoms with Crippen molar-refractivity contribution in [3.05, 3.63) is 59.5 Å². The summed E-state index contributed by atoms with van der Waals surface area (Å²) in [6, 6.07) is 11.3. The number of hydrogen-bond acceptors (Lipinski definition) is 3. The normalized spacial score (nSPS) is 13.7. The van der Waals surface area contributed by atoms with E-state index in [4.69, 9.17) is 10.2 Å². The maximum atomic E-state index is 12.5. The summed E-state index contributed by atoms with van der Waals surface area (Å²) in [6.45, 7) is 4.30. The number of nitrogens with zero attached hydrogens (tertiary/aromatic N) is 1. The maximum absolute atomic E-state index is 12.5. The van der Waals surface area contributed by atoms with Gasteiger partial charge in [-0.2, -0.15) is 0 Å². The fraction of sp³-hybridized carbons (Fsp3) is 0.353. The monoisotopic (exact) mass is 286 g/mol. The number of hydrogen-bond donors (Lipinski definition) is 1. The molecule has 0 saturated heterocycles. The van der Waals surface area contributed by atoms with Gasteiger partial charge in [-0.15, -0.1) is 0 Å². The van der Waals surface area contributed by atoms with Crippen molar-refractivity contribution in [2.75, 3.05) is 7.05 Å². The van der Waals surface area contributed by atoms with Crippen LogP contribution in [0.15, 0.2) is 47.1 Å². The molecular weight excluding hydrogens is 264 g/mol. The Morgan fingerprint density at radius 1 is 1.29 bits per heavy atom. The smallest absolute Gasteiger partial charge is 0.227 e. The number of amides is 1. The SMILES string of the molecule is Cc1occc1CN(C)C(=O)C(C)C(N)c1ccccc1. The molecule has 2 atom stereocenters. The highest BCUT2D eigenvalue weighted by Gasteiger charge is 2.25. The first-order chi connectivity index (χ1) is 10.0. The van der Waals surface area contributed by atoms with Gasteiger partial charge in [0.1, 0.15) is 5.76 Å². The van der Waals surface area contributed by atoms with Gasteiger partial charge in [-0.1, -0.05) is 37.3 Å². The van der Waals surface area contributed by atoms with E-state index >= 15 is 0 Å². The van der Waals surface area contributed by atoms with Crippen LogP contribution in [-0.4, -0.2) is 17.9 Å². The predicted molar refractivity (Wildman–Crippen MR) is 82.5 cm³/mol. The summed E-state index contributed by atoms with van der Waals surface area (Å²) in [6.07, 6.45) is 1.64. The summed E-state index contributed by atoms with van der Waals surface area (Å²) in [5.41, 5.74) is 8.21. The average molecular weight is 286 g/mol. The van der Waals surface area contributed by atoms with Crippen molar-refractivity contribution in [3.8, 4) is 0 Å². The van der Waals surface area contributed by atoms with Gasteiger partial charge in [-0.05, 0) is 18.6 Å². The number of nitrogens with two attached hydrogens (primary N) is 1. The molecule has 21 heavy (non-hydrogen) atoms. The van der Waals surface area contributed by atoms with Crippen LogP contribution in [0.3, 0.4) is 0 Å². The summed E-state index contributed by atoms with van der Waals surface area (Å²) in [5.74, 6) is 0.603. The van der Waals surface area contributed by atoms with Crippen LogP contribution >= 0.6 is 0 Å². The van der Waals surface area contributed by atoms with E-state index < -0.39 is 0 Å². The quantitative estimate of drug-likeness (QED) is 0.919. The van der Waals surface area contributed by atoms with Gasteiger partial charge < -0.3 is 15.1 Å². The fourth-order valence-electron chi connectivity index (χ4n) is 2.37. The molecular formula is C17H22N2O2.